The number of nitrogens with one attached hydrogen (secondary N) is 1. The molecule has 26 heavy (non-hydrogen) atoms. The number of halogens is 5. The molecule has 0 saturated heterocycles. The highest BCUT2D eigenvalue weighted by molar-refractivity contribution is 6.30. The molecule has 0 aliphatic rings. The standard InChI is InChI=1S/C16H16ClF4N3O2/c1-8(15(20)21)22-3-2-12-13(16(25)26)23-24(14(12)17)7-9-4-10(18)6-11(19)5-9/h4-6,8,15,22H,2-3,7H2,1H3,(H,25,26). The average Bonchev–Trinajstić information content (AvgIpc) is 2.83. The van der Waals surface area contributed by atoms with Gasteiger partial charge in [-0.3, -0.25) is 0 Å². The predicted molar refractivity (Wildman–Crippen MR) is 86.8 cm³/mol. The van der Waals surface area contributed by atoms with Crippen LogP contribution in [0.15, 0.2) is 18.2 Å². The van der Waals surface area contributed by atoms with Crippen LogP contribution in [0, 0.1) is 11.6 Å². The van der Waals surface area contributed by atoms with Crippen LogP contribution in [-0.2, 0) is 13.0 Å². The van der Waals surface area contributed by atoms with E-state index in [1.807, 2.05) is 0 Å². The Labute approximate surface area is 151 Å². The summed E-state index contributed by atoms with van der Waals surface area (Å²) in [7, 11) is 0. The lowest BCUT2D eigenvalue weighted by Crippen LogP contribution is -2.34. The van der Waals surface area contributed by atoms with Gasteiger partial charge < -0.3 is 10.4 Å². The molecule has 0 saturated carbocycles. The van der Waals surface area contributed by atoms with Gasteiger partial charge in [-0.15, -0.1) is 0 Å². The van der Waals surface area contributed by atoms with E-state index in [0.29, 0.717) is 6.07 Å². The fourth-order valence-corrected chi connectivity index (χ4v) is 2.65. The van der Waals surface area contributed by atoms with Crippen LogP contribution in [0.2, 0.25) is 5.15 Å². The van der Waals surface area contributed by atoms with E-state index in [2.05, 4.69) is 10.4 Å². The van der Waals surface area contributed by atoms with Crippen molar-refractivity contribution >= 4 is 17.6 Å². The van der Waals surface area contributed by atoms with Gasteiger partial charge >= 0.3 is 5.97 Å². The Morgan fingerprint density at radius 2 is 1.92 bits per heavy atom. The van der Waals surface area contributed by atoms with E-state index in [-0.39, 0.29) is 41.5 Å². The van der Waals surface area contributed by atoms with Gasteiger partial charge in [0.05, 0.1) is 12.6 Å². The molecule has 2 aromatic rings. The second-order valence-electron chi connectivity index (χ2n) is 5.69. The number of carbonyl (C=O) groups is 1. The summed E-state index contributed by atoms with van der Waals surface area (Å²) in [5.74, 6) is -2.91. The van der Waals surface area contributed by atoms with Crippen LogP contribution in [0.25, 0.3) is 0 Å². The lowest BCUT2D eigenvalue weighted by Gasteiger charge is -2.12. The predicted octanol–water partition coefficient (Wildman–Crippen LogP) is 3.35. The quantitative estimate of drug-likeness (QED) is 0.675. The Balaban J connectivity index is 2.22. The zero-order valence-corrected chi connectivity index (χ0v) is 14.4. The molecule has 0 spiro atoms. The van der Waals surface area contributed by atoms with Crippen LogP contribution in [-0.4, -0.2) is 39.9 Å². The highest BCUT2D eigenvalue weighted by atomic mass is 35.5. The third kappa shape index (κ3) is 4.95. The van der Waals surface area contributed by atoms with Crippen molar-refractivity contribution in [3.63, 3.8) is 0 Å². The van der Waals surface area contributed by atoms with Gasteiger partial charge in [-0.1, -0.05) is 11.6 Å². The zero-order chi connectivity index (χ0) is 19.4. The van der Waals surface area contributed by atoms with E-state index in [9.17, 15) is 27.5 Å². The Kier molecular flexibility index (Phi) is 6.60. The highest BCUT2D eigenvalue weighted by Gasteiger charge is 2.22. The van der Waals surface area contributed by atoms with Gasteiger partial charge in [0.25, 0.3) is 6.43 Å². The van der Waals surface area contributed by atoms with Crippen LogP contribution in [0.3, 0.4) is 0 Å². The largest absolute Gasteiger partial charge is 0.476 e. The fraction of sp³-hybridized carbons (Fsp3) is 0.375. The summed E-state index contributed by atoms with van der Waals surface area (Å²) in [5, 5.41) is 15.7. The number of rotatable bonds is 8. The van der Waals surface area contributed by atoms with E-state index in [4.69, 9.17) is 11.6 Å². The number of benzene rings is 1. The Hall–Kier alpha value is -2.13. The molecule has 1 aromatic carbocycles. The first-order valence-electron chi connectivity index (χ1n) is 7.64. The molecule has 1 aromatic heterocycles. The highest BCUT2D eigenvalue weighted by Crippen LogP contribution is 2.22. The minimum atomic E-state index is -2.56. The first-order chi connectivity index (χ1) is 12.2. The van der Waals surface area contributed by atoms with Crippen molar-refractivity contribution in [3.8, 4) is 0 Å². The second kappa shape index (κ2) is 8.50. The van der Waals surface area contributed by atoms with Gasteiger partial charge in [0.15, 0.2) is 5.69 Å². The van der Waals surface area contributed by atoms with E-state index in [0.717, 1.165) is 16.8 Å². The molecule has 0 aliphatic carbocycles. The summed E-state index contributed by atoms with van der Waals surface area (Å²) in [4.78, 5) is 11.4. The van der Waals surface area contributed by atoms with Crippen molar-refractivity contribution in [1.82, 2.24) is 15.1 Å². The number of alkyl halides is 2. The monoisotopic (exact) mass is 393 g/mol. The van der Waals surface area contributed by atoms with E-state index >= 15 is 0 Å². The summed E-state index contributed by atoms with van der Waals surface area (Å²) < 4.78 is 52.7. The molecule has 10 heteroatoms. The number of carboxylic acid groups (broad SMARTS) is 1. The zero-order valence-electron chi connectivity index (χ0n) is 13.6. The van der Waals surface area contributed by atoms with Crippen LogP contribution >= 0.6 is 11.6 Å². The van der Waals surface area contributed by atoms with Gasteiger partial charge in [0.1, 0.15) is 16.8 Å². The van der Waals surface area contributed by atoms with E-state index < -0.39 is 30.1 Å². The molecule has 0 radical (unpaired) electrons. The van der Waals surface area contributed by atoms with Crippen molar-refractivity contribution < 1.29 is 27.5 Å². The maximum Gasteiger partial charge on any atom is 0.356 e. The maximum atomic E-state index is 13.3. The van der Waals surface area contributed by atoms with E-state index in [1.165, 1.54) is 6.92 Å². The molecule has 1 atom stereocenters. The summed E-state index contributed by atoms with van der Waals surface area (Å²) >= 11 is 6.15. The van der Waals surface area contributed by atoms with Crippen LogP contribution in [0.5, 0.6) is 0 Å². The van der Waals surface area contributed by atoms with Crippen molar-refractivity contribution in [2.24, 2.45) is 0 Å². The van der Waals surface area contributed by atoms with Crippen molar-refractivity contribution in [2.45, 2.75) is 32.4 Å². The molecule has 2 rings (SSSR count). The molecule has 0 amide bonds. The Bertz CT molecular complexity index is 778. The molecule has 2 N–H and O–H groups in total. The average molecular weight is 394 g/mol. The minimum Gasteiger partial charge on any atom is -0.476 e. The minimum absolute atomic E-state index is 0.0291. The summed E-state index contributed by atoms with van der Waals surface area (Å²) in [6.45, 7) is 1.22. The molecule has 0 bridgehead atoms. The molecular formula is C16H16ClF4N3O2. The molecule has 1 unspecified atom stereocenters. The lowest BCUT2D eigenvalue weighted by atomic mass is 10.1. The van der Waals surface area contributed by atoms with Gasteiger partial charge in [-0.05, 0) is 37.6 Å². The second-order valence-corrected chi connectivity index (χ2v) is 6.04. The normalized spacial score (nSPS) is 12.6. The van der Waals surface area contributed by atoms with E-state index in [1.54, 1.807) is 0 Å². The number of nitrogens with zero attached hydrogens (tertiary/aromatic N) is 2. The first kappa shape index (κ1) is 20.2. The van der Waals surface area contributed by atoms with Crippen molar-refractivity contribution in [3.05, 3.63) is 51.8 Å². The lowest BCUT2D eigenvalue weighted by molar-refractivity contribution is 0.0688. The molecule has 0 fully saturated rings. The first-order valence-corrected chi connectivity index (χ1v) is 8.01. The number of aromatic nitrogens is 2. The molecule has 142 valence electrons. The molecule has 1 heterocycles. The Morgan fingerprint density at radius 3 is 2.46 bits per heavy atom. The van der Waals surface area contributed by atoms with Gasteiger partial charge in [-0.25, -0.2) is 27.0 Å². The van der Waals surface area contributed by atoms with Gasteiger partial charge in [0, 0.05) is 11.6 Å². The molecular weight excluding hydrogens is 378 g/mol. The van der Waals surface area contributed by atoms with Gasteiger partial charge in [-0.2, -0.15) is 5.10 Å². The van der Waals surface area contributed by atoms with Crippen molar-refractivity contribution in [2.75, 3.05) is 6.54 Å². The smallest absolute Gasteiger partial charge is 0.356 e. The third-order valence-corrected chi connectivity index (χ3v) is 4.08. The number of hydrogen-bond acceptors (Lipinski definition) is 3. The van der Waals surface area contributed by atoms with Crippen LogP contribution in [0.4, 0.5) is 17.6 Å². The topological polar surface area (TPSA) is 67.2 Å². The molecule has 0 aliphatic heterocycles. The summed E-state index contributed by atoms with van der Waals surface area (Å²) in [6.07, 6.45) is -2.51. The number of carboxylic acids is 1. The van der Waals surface area contributed by atoms with Crippen molar-refractivity contribution in [1.29, 1.82) is 0 Å². The van der Waals surface area contributed by atoms with Crippen LogP contribution < -0.4 is 5.32 Å². The van der Waals surface area contributed by atoms with Crippen LogP contribution in [0.1, 0.15) is 28.5 Å². The fourth-order valence-electron chi connectivity index (χ4n) is 2.37. The summed E-state index contributed by atoms with van der Waals surface area (Å²) in [6, 6.07) is 1.80. The maximum absolute atomic E-state index is 13.3. The third-order valence-electron chi connectivity index (χ3n) is 3.66. The number of hydrogen-bond donors (Lipinski definition) is 2. The SMILES string of the molecule is CC(NCCc1c(C(=O)O)nn(Cc2cc(F)cc(F)c2)c1Cl)C(F)F. The summed E-state index contributed by atoms with van der Waals surface area (Å²) in [5.41, 5.74) is 0.0308. The molecule has 5 nitrogen and oxygen atoms in total. The number of aromatic carboxylic acids is 1. The van der Waals surface area contributed by atoms with Gasteiger partial charge in [0.2, 0.25) is 0 Å². The Morgan fingerprint density at radius 1 is 1.31 bits per heavy atom.